The van der Waals surface area contributed by atoms with E-state index in [4.69, 9.17) is 9.47 Å². The number of morpholine rings is 1. The summed E-state index contributed by atoms with van der Waals surface area (Å²) in [5, 5.41) is 1.06. The van der Waals surface area contributed by atoms with E-state index < -0.39 is 0 Å². The number of rotatable bonds is 4. The molecular formula is C17H20N2O3. The summed E-state index contributed by atoms with van der Waals surface area (Å²) >= 11 is 0. The molecule has 1 aliphatic heterocycles. The zero-order valence-corrected chi connectivity index (χ0v) is 12.7. The summed E-state index contributed by atoms with van der Waals surface area (Å²) in [6.45, 7) is 2.23. The topological polar surface area (TPSA) is 51.7 Å². The standard InChI is InChI=1S/C17H20N2O3/c1-21-11-15-12-22-9-8-19(15)16(20)10-14-5-2-4-13-6-3-7-18-17(13)14/h2-7,15H,8-12H2,1H3. The van der Waals surface area contributed by atoms with Crippen molar-refractivity contribution in [1.82, 2.24) is 9.88 Å². The number of methoxy groups -OCH3 is 1. The van der Waals surface area contributed by atoms with Gasteiger partial charge in [0.25, 0.3) is 0 Å². The summed E-state index contributed by atoms with van der Waals surface area (Å²) < 4.78 is 10.6. The fourth-order valence-electron chi connectivity index (χ4n) is 2.89. The monoisotopic (exact) mass is 300 g/mol. The van der Waals surface area contributed by atoms with Crippen molar-refractivity contribution < 1.29 is 14.3 Å². The highest BCUT2D eigenvalue weighted by molar-refractivity contribution is 5.87. The predicted octanol–water partition coefficient (Wildman–Crippen LogP) is 1.65. The van der Waals surface area contributed by atoms with Crippen LogP contribution >= 0.6 is 0 Å². The molecule has 1 saturated heterocycles. The lowest BCUT2D eigenvalue weighted by Gasteiger charge is -2.35. The molecule has 0 radical (unpaired) electrons. The molecule has 2 aromatic rings. The Balaban J connectivity index is 1.80. The third kappa shape index (κ3) is 3.10. The van der Waals surface area contributed by atoms with Gasteiger partial charge in [0.1, 0.15) is 0 Å². The SMILES string of the molecule is COCC1COCCN1C(=O)Cc1cccc2cccnc12. The van der Waals surface area contributed by atoms with Crippen LogP contribution in [0.5, 0.6) is 0 Å². The minimum absolute atomic E-state index is 0.00538. The molecule has 0 N–H and O–H groups in total. The molecule has 1 unspecified atom stereocenters. The fraction of sp³-hybridized carbons (Fsp3) is 0.412. The van der Waals surface area contributed by atoms with Crippen LogP contribution in [0, 0.1) is 0 Å². The van der Waals surface area contributed by atoms with Crippen molar-refractivity contribution >= 4 is 16.8 Å². The summed E-state index contributed by atoms with van der Waals surface area (Å²) in [5.41, 5.74) is 1.86. The molecule has 2 heterocycles. The Kier molecular flexibility index (Phi) is 4.65. The predicted molar refractivity (Wildman–Crippen MR) is 83.6 cm³/mol. The number of pyridine rings is 1. The molecule has 3 rings (SSSR count). The Morgan fingerprint density at radius 1 is 1.41 bits per heavy atom. The number of aromatic nitrogens is 1. The van der Waals surface area contributed by atoms with Gasteiger partial charge in [-0.2, -0.15) is 0 Å². The van der Waals surface area contributed by atoms with E-state index in [0.29, 0.717) is 32.8 Å². The molecule has 0 bridgehead atoms. The van der Waals surface area contributed by atoms with E-state index in [1.165, 1.54) is 0 Å². The van der Waals surface area contributed by atoms with E-state index in [1.807, 2.05) is 35.2 Å². The first-order chi connectivity index (χ1) is 10.8. The first-order valence-corrected chi connectivity index (χ1v) is 7.48. The summed E-state index contributed by atoms with van der Waals surface area (Å²) in [7, 11) is 1.64. The lowest BCUT2D eigenvalue weighted by Crippen LogP contribution is -2.51. The van der Waals surface area contributed by atoms with Crippen molar-refractivity contribution in [3.8, 4) is 0 Å². The fourth-order valence-corrected chi connectivity index (χ4v) is 2.89. The molecule has 1 aliphatic rings. The van der Waals surface area contributed by atoms with Crippen LogP contribution in [0.4, 0.5) is 0 Å². The van der Waals surface area contributed by atoms with Gasteiger partial charge in [0.05, 0.1) is 37.8 Å². The van der Waals surface area contributed by atoms with Gasteiger partial charge in [-0.3, -0.25) is 9.78 Å². The zero-order chi connectivity index (χ0) is 15.4. The van der Waals surface area contributed by atoms with Crippen LogP contribution in [0.2, 0.25) is 0 Å². The number of benzene rings is 1. The summed E-state index contributed by atoms with van der Waals surface area (Å²) in [6, 6.07) is 9.87. The van der Waals surface area contributed by atoms with Crippen LogP contribution in [0.15, 0.2) is 36.5 Å². The largest absolute Gasteiger partial charge is 0.382 e. The van der Waals surface area contributed by atoms with E-state index in [2.05, 4.69) is 4.98 Å². The second-order valence-electron chi connectivity index (χ2n) is 5.44. The number of ether oxygens (including phenoxy) is 2. The van der Waals surface area contributed by atoms with Gasteiger partial charge < -0.3 is 14.4 Å². The van der Waals surface area contributed by atoms with Gasteiger partial charge in [-0.05, 0) is 11.6 Å². The summed E-state index contributed by atoms with van der Waals surface area (Å²) in [4.78, 5) is 19.0. The van der Waals surface area contributed by atoms with Crippen LogP contribution in [0.25, 0.3) is 10.9 Å². The normalized spacial score (nSPS) is 18.6. The van der Waals surface area contributed by atoms with E-state index in [-0.39, 0.29) is 11.9 Å². The lowest BCUT2D eigenvalue weighted by molar-refractivity contribution is -0.141. The summed E-state index contributed by atoms with van der Waals surface area (Å²) in [5.74, 6) is 0.100. The highest BCUT2D eigenvalue weighted by Gasteiger charge is 2.27. The molecule has 0 aliphatic carbocycles. The molecule has 1 atom stereocenters. The Bertz CT molecular complexity index is 652. The average molecular weight is 300 g/mol. The quantitative estimate of drug-likeness (QED) is 0.861. The number of carbonyl (C=O) groups is 1. The molecule has 1 aromatic carbocycles. The third-order valence-corrected chi connectivity index (χ3v) is 3.96. The van der Waals surface area contributed by atoms with Crippen LogP contribution in [-0.2, 0) is 20.7 Å². The maximum atomic E-state index is 12.7. The van der Waals surface area contributed by atoms with Gasteiger partial charge in [0.15, 0.2) is 0 Å². The molecule has 1 amide bonds. The van der Waals surface area contributed by atoms with Crippen molar-refractivity contribution in [2.24, 2.45) is 0 Å². The first-order valence-electron chi connectivity index (χ1n) is 7.48. The van der Waals surface area contributed by atoms with Gasteiger partial charge >= 0.3 is 0 Å². The number of carbonyl (C=O) groups excluding carboxylic acids is 1. The molecule has 1 fully saturated rings. The van der Waals surface area contributed by atoms with Crippen molar-refractivity contribution in [1.29, 1.82) is 0 Å². The minimum atomic E-state index is -0.00538. The average Bonchev–Trinajstić information content (AvgIpc) is 2.56. The second-order valence-corrected chi connectivity index (χ2v) is 5.44. The molecule has 5 nitrogen and oxygen atoms in total. The van der Waals surface area contributed by atoms with E-state index in [9.17, 15) is 4.79 Å². The lowest BCUT2D eigenvalue weighted by atomic mass is 10.1. The van der Waals surface area contributed by atoms with E-state index in [1.54, 1.807) is 13.3 Å². The van der Waals surface area contributed by atoms with Gasteiger partial charge in [-0.25, -0.2) is 0 Å². The number of hydrogen-bond donors (Lipinski definition) is 0. The number of amides is 1. The molecular weight excluding hydrogens is 280 g/mol. The molecule has 5 heteroatoms. The molecule has 116 valence electrons. The van der Waals surface area contributed by atoms with Gasteiger partial charge in [-0.15, -0.1) is 0 Å². The van der Waals surface area contributed by atoms with Crippen molar-refractivity contribution in [3.05, 3.63) is 42.1 Å². The molecule has 0 spiro atoms. The minimum Gasteiger partial charge on any atom is -0.382 e. The maximum Gasteiger partial charge on any atom is 0.227 e. The van der Waals surface area contributed by atoms with E-state index >= 15 is 0 Å². The van der Waals surface area contributed by atoms with Gasteiger partial charge in [0, 0.05) is 25.2 Å². The van der Waals surface area contributed by atoms with Crippen LogP contribution in [-0.4, -0.2) is 55.3 Å². The number of fused-ring (bicyclic) bond motifs is 1. The maximum absolute atomic E-state index is 12.7. The Hall–Kier alpha value is -1.98. The molecule has 1 aromatic heterocycles. The van der Waals surface area contributed by atoms with Crippen LogP contribution in [0.1, 0.15) is 5.56 Å². The van der Waals surface area contributed by atoms with Gasteiger partial charge in [0.2, 0.25) is 5.91 Å². The van der Waals surface area contributed by atoms with Crippen LogP contribution < -0.4 is 0 Å². The highest BCUT2D eigenvalue weighted by Crippen LogP contribution is 2.18. The van der Waals surface area contributed by atoms with Crippen molar-refractivity contribution in [3.63, 3.8) is 0 Å². The number of para-hydroxylation sites is 1. The third-order valence-electron chi connectivity index (χ3n) is 3.96. The molecule has 22 heavy (non-hydrogen) atoms. The highest BCUT2D eigenvalue weighted by atomic mass is 16.5. The van der Waals surface area contributed by atoms with Crippen LogP contribution in [0.3, 0.4) is 0 Å². The smallest absolute Gasteiger partial charge is 0.227 e. The second kappa shape index (κ2) is 6.85. The number of hydrogen-bond acceptors (Lipinski definition) is 4. The summed E-state index contributed by atoms with van der Waals surface area (Å²) in [6.07, 6.45) is 2.12. The Labute approximate surface area is 129 Å². The Morgan fingerprint density at radius 2 is 2.27 bits per heavy atom. The molecule has 0 saturated carbocycles. The first kappa shape index (κ1) is 14.9. The Morgan fingerprint density at radius 3 is 3.14 bits per heavy atom. The zero-order valence-electron chi connectivity index (χ0n) is 12.7. The van der Waals surface area contributed by atoms with Gasteiger partial charge in [-0.1, -0.05) is 24.3 Å². The number of nitrogens with zero attached hydrogens (tertiary/aromatic N) is 2. The van der Waals surface area contributed by atoms with Crippen molar-refractivity contribution in [2.75, 3.05) is 33.5 Å². The van der Waals surface area contributed by atoms with Crippen molar-refractivity contribution in [2.45, 2.75) is 12.5 Å². The van der Waals surface area contributed by atoms with E-state index in [0.717, 1.165) is 16.5 Å².